The van der Waals surface area contributed by atoms with Gasteiger partial charge in [-0.2, -0.15) is 0 Å². The summed E-state index contributed by atoms with van der Waals surface area (Å²) in [4.78, 5) is 18.7. The number of hydrogen-bond donors (Lipinski definition) is 1. The number of nitrogens with zero attached hydrogens (tertiary/aromatic N) is 1. The predicted octanol–water partition coefficient (Wildman–Crippen LogP) is 5.19. The highest BCUT2D eigenvalue weighted by Crippen LogP contribution is 2.36. The Morgan fingerprint density at radius 1 is 1.13 bits per heavy atom. The Labute approximate surface area is 191 Å². The number of aryl methyl sites for hydroxylation is 1. The van der Waals surface area contributed by atoms with E-state index < -0.39 is 0 Å². The van der Waals surface area contributed by atoms with Gasteiger partial charge in [-0.25, -0.2) is 0 Å². The SMILES string of the molecule is COc1ccc(OC)c(CNC(=O)CSc2c3c(nc4cc(Cl)ccc24)CCCC3)c1. The Kier molecular flexibility index (Phi) is 6.88. The highest BCUT2D eigenvalue weighted by atomic mass is 35.5. The molecule has 0 fully saturated rings. The first-order chi connectivity index (χ1) is 15.1. The van der Waals surface area contributed by atoms with E-state index in [2.05, 4.69) is 5.32 Å². The molecule has 1 amide bonds. The van der Waals surface area contributed by atoms with Crippen LogP contribution in [0.4, 0.5) is 0 Å². The van der Waals surface area contributed by atoms with Crippen LogP contribution < -0.4 is 14.8 Å². The topological polar surface area (TPSA) is 60.5 Å². The van der Waals surface area contributed by atoms with E-state index in [9.17, 15) is 4.79 Å². The standard InChI is InChI=1S/C24H25ClN2O3S/c1-29-17-8-10-22(30-2)15(11-17)13-26-23(28)14-31-24-18-5-3-4-6-20(18)27-21-12-16(25)7-9-19(21)24/h7-12H,3-6,13-14H2,1-2H3,(H,26,28). The number of methoxy groups -OCH3 is 2. The molecular formula is C24H25ClN2O3S. The van der Waals surface area contributed by atoms with Crippen LogP contribution in [0.25, 0.3) is 10.9 Å². The lowest BCUT2D eigenvalue weighted by Gasteiger charge is -2.20. The third-order valence-electron chi connectivity index (χ3n) is 5.48. The maximum Gasteiger partial charge on any atom is 0.230 e. The lowest BCUT2D eigenvalue weighted by molar-refractivity contribution is -0.118. The molecule has 0 saturated heterocycles. The van der Waals surface area contributed by atoms with Crippen molar-refractivity contribution in [3.63, 3.8) is 0 Å². The van der Waals surface area contributed by atoms with Crippen molar-refractivity contribution >= 4 is 40.2 Å². The van der Waals surface area contributed by atoms with E-state index in [-0.39, 0.29) is 5.91 Å². The van der Waals surface area contributed by atoms with Crippen LogP contribution in [-0.4, -0.2) is 30.9 Å². The van der Waals surface area contributed by atoms with Gasteiger partial charge in [0.05, 0.1) is 25.5 Å². The molecule has 162 valence electrons. The molecule has 7 heteroatoms. The van der Waals surface area contributed by atoms with Crippen molar-refractivity contribution in [2.45, 2.75) is 37.1 Å². The highest BCUT2D eigenvalue weighted by Gasteiger charge is 2.19. The lowest BCUT2D eigenvalue weighted by atomic mass is 9.94. The van der Waals surface area contributed by atoms with Gasteiger partial charge in [0.2, 0.25) is 5.91 Å². The average Bonchev–Trinajstić information content (AvgIpc) is 2.79. The second-order valence-corrected chi connectivity index (χ2v) is 8.90. The van der Waals surface area contributed by atoms with Gasteiger partial charge in [-0.3, -0.25) is 9.78 Å². The van der Waals surface area contributed by atoms with Gasteiger partial charge in [-0.05, 0) is 61.6 Å². The van der Waals surface area contributed by atoms with Crippen LogP contribution in [0.5, 0.6) is 11.5 Å². The van der Waals surface area contributed by atoms with Gasteiger partial charge in [0.25, 0.3) is 0 Å². The van der Waals surface area contributed by atoms with Crippen molar-refractivity contribution in [3.8, 4) is 11.5 Å². The first-order valence-corrected chi connectivity index (χ1v) is 11.7. The molecule has 1 heterocycles. The van der Waals surface area contributed by atoms with Gasteiger partial charge >= 0.3 is 0 Å². The van der Waals surface area contributed by atoms with Crippen LogP contribution in [0.3, 0.4) is 0 Å². The Hall–Kier alpha value is -2.44. The van der Waals surface area contributed by atoms with Crippen molar-refractivity contribution in [2.24, 2.45) is 0 Å². The molecule has 0 saturated carbocycles. The second kappa shape index (κ2) is 9.79. The molecule has 3 aromatic rings. The molecule has 0 unspecified atom stereocenters. The van der Waals surface area contributed by atoms with Crippen molar-refractivity contribution in [3.05, 3.63) is 58.2 Å². The molecule has 2 aromatic carbocycles. The minimum absolute atomic E-state index is 0.0293. The average molecular weight is 457 g/mol. The number of nitrogens with one attached hydrogen (secondary N) is 1. The number of aromatic nitrogens is 1. The third kappa shape index (κ3) is 4.91. The van der Waals surface area contributed by atoms with Gasteiger partial charge in [-0.1, -0.05) is 17.7 Å². The summed E-state index contributed by atoms with van der Waals surface area (Å²) in [5.74, 6) is 1.76. The van der Waals surface area contributed by atoms with E-state index in [4.69, 9.17) is 26.1 Å². The molecule has 0 aliphatic heterocycles. The predicted molar refractivity (Wildman–Crippen MR) is 126 cm³/mol. The zero-order valence-corrected chi connectivity index (χ0v) is 19.2. The first kappa shape index (κ1) is 21.8. The Morgan fingerprint density at radius 2 is 1.97 bits per heavy atom. The van der Waals surface area contributed by atoms with E-state index in [1.54, 1.807) is 26.0 Å². The molecule has 31 heavy (non-hydrogen) atoms. The molecule has 4 rings (SSSR count). The zero-order valence-electron chi connectivity index (χ0n) is 17.7. The van der Waals surface area contributed by atoms with Crippen LogP contribution >= 0.6 is 23.4 Å². The number of benzene rings is 2. The molecule has 1 aliphatic rings. The number of carbonyl (C=O) groups excluding carboxylic acids is 1. The fourth-order valence-electron chi connectivity index (χ4n) is 3.92. The van der Waals surface area contributed by atoms with Crippen molar-refractivity contribution in [1.29, 1.82) is 0 Å². The quantitative estimate of drug-likeness (QED) is 0.495. The zero-order chi connectivity index (χ0) is 21.8. The van der Waals surface area contributed by atoms with Crippen molar-refractivity contribution in [2.75, 3.05) is 20.0 Å². The normalized spacial score (nSPS) is 13.0. The molecule has 5 nitrogen and oxygen atoms in total. The highest BCUT2D eigenvalue weighted by molar-refractivity contribution is 8.00. The summed E-state index contributed by atoms with van der Waals surface area (Å²) in [7, 11) is 3.24. The molecule has 1 aliphatic carbocycles. The number of amides is 1. The van der Waals surface area contributed by atoms with E-state index in [0.717, 1.165) is 64.2 Å². The van der Waals surface area contributed by atoms with Crippen LogP contribution in [0.15, 0.2) is 41.3 Å². The molecule has 1 N–H and O–H groups in total. The smallest absolute Gasteiger partial charge is 0.230 e. The summed E-state index contributed by atoms with van der Waals surface area (Å²) in [5, 5.41) is 4.74. The fourth-order valence-corrected chi connectivity index (χ4v) is 5.19. The van der Waals surface area contributed by atoms with Crippen molar-refractivity contribution in [1.82, 2.24) is 10.3 Å². The number of halogens is 1. The molecule has 0 radical (unpaired) electrons. The third-order valence-corrected chi connectivity index (χ3v) is 6.88. The Morgan fingerprint density at radius 3 is 2.77 bits per heavy atom. The second-order valence-electron chi connectivity index (χ2n) is 7.48. The number of fused-ring (bicyclic) bond motifs is 2. The van der Waals surface area contributed by atoms with Gasteiger partial charge in [0.1, 0.15) is 11.5 Å². The van der Waals surface area contributed by atoms with E-state index in [1.165, 1.54) is 5.56 Å². The fraction of sp³-hybridized carbons (Fsp3) is 0.333. The summed E-state index contributed by atoms with van der Waals surface area (Å²) in [6.07, 6.45) is 4.29. The molecule has 0 atom stereocenters. The summed E-state index contributed by atoms with van der Waals surface area (Å²) >= 11 is 7.78. The Bertz CT molecular complexity index is 1120. The number of pyridine rings is 1. The summed E-state index contributed by atoms with van der Waals surface area (Å²) in [5.41, 5.74) is 4.21. The largest absolute Gasteiger partial charge is 0.497 e. The minimum atomic E-state index is -0.0293. The van der Waals surface area contributed by atoms with Crippen molar-refractivity contribution < 1.29 is 14.3 Å². The van der Waals surface area contributed by atoms with E-state index in [1.807, 2.05) is 36.4 Å². The van der Waals surface area contributed by atoms with Gasteiger partial charge < -0.3 is 14.8 Å². The number of thioether (sulfide) groups is 1. The summed E-state index contributed by atoms with van der Waals surface area (Å²) in [6.45, 7) is 0.380. The summed E-state index contributed by atoms with van der Waals surface area (Å²) in [6, 6.07) is 11.4. The number of carbonyl (C=O) groups is 1. The molecule has 0 spiro atoms. The maximum atomic E-state index is 12.7. The maximum absolute atomic E-state index is 12.7. The van der Waals surface area contributed by atoms with E-state index in [0.29, 0.717) is 17.3 Å². The van der Waals surface area contributed by atoms with Crippen LogP contribution in [0.2, 0.25) is 5.02 Å². The first-order valence-electron chi connectivity index (χ1n) is 10.3. The van der Waals surface area contributed by atoms with E-state index >= 15 is 0 Å². The van der Waals surface area contributed by atoms with Gasteiger partial charge in [0, 0.05) is 33.1 Å². The Balaban J connectivity index is 1.50. The molecular weight excluding hydrogens is 432 g/mol. The lowest BCUT2D eigenvalue weighted by Crippen LogP contribution is -2.25. The van der Waals surface area contributed by atoms with Crippen LogP contribution in [0.1, 0.15) is 29.7 Å². The number of ether oxygens (including phenoxy) is 2. The van der Waals surface area contributed by atoms with Gasteiger partial charge in [0.15, 0.2) is 0 Å². The van der Waals surface area contributed by atoms with Crippen LogP contribution in [0, 0.1) is 0 Å². The minimum Gasteiger partial charge on any atom is -0.497 e. The van der Waals surface area contributed by atoms with Gasteiger partial charge in [-0.15, -0.1) is 11.8 Å². The number of hydrogen-bond acceptors (Lipinski definition) is 5. The summed E-state index contributed by atoms with van der Waals surface area (Å²) < 4.78 is 10.7. The monoisotopic (exact) mass is 456 g/mol. The molecule has 0 bridgehead atoms. The molecule has 1 aromatic heterocycles. The number of rotatable bonds is 7. The van der Waals surface area contributed by atoms with Crippen LogP contribution in [-0.2, 0) is 24.2 Å².